The maximum atomic E-state index is 8.32. The second kappa shape index (κ2) is 3.93. The van der Waals surface area contributed by atoms with E-state index in [2.05, 4.69) is 4.65 Å². The average Bonchev–Trinajstić information content (AvgIpc) is 2.34. The van der Waals surface area contributed by atoms with Crippen LogP contribution in [0.2, 0.25) is 0 Å². The molecule has 1 rings (SSSR count). The average molecular weight is 145 g/mol. The van der Waals surface area contributed by atoms with Crippen LogP contribution in [0.4, 0.5) is 0 Å². The molecule has 0 atom stereocenters. The van der Waals surface area contributed by atoms with E-state index < -0.39 is 7.32 Å². The highest BCUT2D eigenvalue weighted by atomic mass is 16.6. The molecule has 1 saturated heterocycles. The van der Waals surface area contributed by atoms with Crippen LogP contribution < -0.4 is 0 Å². The van der Waals surface area contributed by atoms with Crippen molar-refractivity contribution in [1.82, 2.24) is 4.90 Å². The highest BCUT2D eigenvalue weighted by Crippen LogP contribution is 2.06. The molecule has 0 aliphatic carbocycles. The van der Waals surface area contributed by atoms with Crippen molar-refractivity contribution in [2.75, 3.05) is 19.8 Å². The summed E-state index contributed by atoms with van der Waals surface area (Å²) in [6.45, 7) is 2.34. The van der Waals surface area contributed by atoms with Crippen LogP contribution in [-0.4, -0.2) is 42.1 Å². The van der Waals surface area contributed by atoms with Gasteiger partial charge in [0.1, 0.15) is 0 Å². The molecule has 0 unspecified atom stereocenters. The first-order chi connectivity index (χ1) is 4.79. The molecule has 1 aliphatic rings. The Labute approximate surface area is 60.6 Å². The maximum Gasteiger partial charge on any atom is 0.634 e. The molecule has 2 N–H and O–H groups in total. The monoisotopic (exact) mass is 145 g/mol. The highest BCUT2D eigenvalue weighted by molar-refractivity contribution is 6.32. The molecule has 0 spiro atoms. The number of nitrogens with zero attached hydrogens (tertiary/aromatic N) is 1. The maximum absolute atomic E-state index is 8.32. The van der Waals surface area contributed by atoms with E-state index in [0.717, 1.165) is 13.1 Å². The Kier molecular flexibility index (Phi) is 3.14. The molecule has 4 nitrogen and oxygen atoms in total. The predicted octanol–water partition coefficient (Wildman–Crippen LogP) is -0.974. The summed E-state index contributed by atoms with van der Waals surface area (Å²) in [7, 11) is -1.62. The Balaban J connectivity index is 2.01. The summed E-state index contributed by atoms with van der Waals surface area (Å²) < 4.78 is 4.56. The molecular weight excluding hydrogens is 133 g/mol. The van der Waals surface area contributed by atoms with E-state index in [-0.39, 0.29) is 0 Å². The largest absolute Gasteiger partial charge is 0.634 e. The van der Waals surface area contributed by atoms with Gasteiger partial charge < -0.3 is 14.7 Å². The van der Waals surface area contributed by atoms with Gasteiger partial charge in [0.2, 0.25) is 0 Å². The predicted molar refractivity (Wildman–Crippen MR) is 37.0 cm³/mol. The van der Waals surface area contributed by atoms with Gasteiger partial charge in [0.05, 0.1) is 6.73 Å². The number of hydrogen-bond acceptors (Lipinski definition) is 4. The summed E-state index contributed by atoms with van der Waals surface area (Å²) in [6.07, 6.45) is 2.37. The molecule has 5 heteroatoms. The van der Waals surface area contributed by atoms with Gasteiger partial charge in [-0.25, -0.2) is 0 Å². The van der Waals surface area contributed by atoms with Gasteiger partial charge in [0, 0.05) is 13.1 Å². The van der Waals surface area contributed by atoms with Gasteiger partial charge in [-0.2, -0.15) is 0 Å². The smallest absolute Gasteiger partial charge is 0.402 e. The van der Waals surface area contributed by atoms with E-state index >= 15 is 0 Å². The molecule has 0 bridgehead atoms. The Morgan fingerprint density at radius 3 is 2.40 bits per heavy atom. The summed E-state index contributed by atoms with van der Waals surface area (Å²) >= 11 is 0. The lowest BCUT2D eigenvalue weighted by Gasteiger charge is -2.13. The minimum atomic E-state index is -1.62. The Hall–Kier alpha value is -0.0951. The van der Waals surface area contributed by atoms with Crippen molar-refractivity contribution in [2.45, 2.75) is 12.8 Å². The standard InChI is InChI=1S/C5H12BNO3/c8-6(9)10-5-7-3-1-2-4-7/h8-9H,1-5H2. The van der Waals surface area contributed by atoms with Crippen molar-refractivity contribution >= 4 is 7.32 Å². The zero-order valence-electron chi connectivity index (χ0n) is 5.86. The summed E-state index contributed by atoms with van der Waals surface area (Å²) in [4.78, 5) is 2.04. The topological polar surface area (TPSA) is 52.9 Å². The second-order valence-corrected chi connectivity index (χ2v) is 2.45. The van der Waals surface area contributed by atoms with Crippen molar-refractivity contribution in [3.63, 3.8) is 0 Å². The summed E-state index contributed by atoms with van der Waals surface area (Å²) in [6, 6.07) is 0. The van der Waals surface area contributed by atoms with Crippen LogP contribution in [0.3, 0.4) is 0 Å². The second-order valence-electron chi connectivity index (χ2n) is 2.45. The van der Waals surface area contributed by atoms with Crippen molar-refractivity contribution in [3.8, 4) is 0 Å². The van der Waals surface area contributed by atoms with Gasteiger partial charge in [0.25, 0.3) is 0 Å². The fourth-order valence-electron chi connectivity index (χ4n) is 1.08. The van der Waals surface area contributed by atoms with E-state index in [1.165, 1.54) is 12.8 Å². The van der Waals surface area contributed by atoms with E-state index in [9.17, 15) is 0 Å². The Morgan fingerprint density at radius 1 is 1.30 bits per heavy atom. The molecule has 58 valence electrons. The molecule has 1 aliphatic heterocycles. The lowest BCUT2D eigenvalue weighted by atomic mass is 10.3. The first-order valence-electron chi connectivity index (χ1n) is 3.49. The molecular formula is C5H12BNO3. The van der Waals surface area contributed by atoms with Gasteiger partial charge in [-0.3, -0.25) is 4.90 Å². The van der Waals surface area contributed by atoms with Crippen LogP contribution in [0.15, 0.2) is 0 Å². The van der Waals surface area contributed by atoms with E-state index in [4.69, 9.17) is 10.0 Å². The van der Waals surface area contributed by atoms with Crippen LogP contribution in [0.1, 0.15) is 12.8 Å². The fourth-order valence-corrected chi connectivity index (χ4v) is 1.08. The minimum absolute atomic E-state index is 0.331. The SMILES string of the molecule is OB(O)OCN1CCCC1. The lowest BCUT2D eigenvalue weighted by molar-refractivity contribution is 0.0961. The van der Waals surface area contributed by atoms with Gasteiger partial charge in [-0.1, -0.05) is 0 Å². The molecule has 0 aromatic rings. The number of likely N-dealkylation sites (tertiary alicyclic amines) is 1. The van der Waals surface area contributed by atoms with Crippen molar-refractivity contribution in [3.05, 3.63) is 0 Å². The van der Waals surface area contributed by atoms with Crippen LogP contribution in [0.5, 0.6) is 0 Å². The summed E-state index contributed by atoms with van der Waals surface area (Å²) in [5.74, 6) is 0. The Morgan fingerprint density at radius 2 is 1.90 bits per heavy atom. The molecule has 1 fully saturated rings. The fraction of sp³-hybridized carbons (Fsp3) is 1.00. The van der Waals surface area contributed by atoms with Crippen LogP contribution in [0, 0.1) is 0 Å². The van der Waals surface area contributed by atoms with Gasteiger partial charge in [-0.15, -0.1) is 0 Å². The minimum Gasteiger partial charge on any atom is -0.402 e. The third-order valence-corrected chi connectivity index (χ3v) is 1.60. The first-order valence-corrected chi connectivity index (χ1v) is 3.49. The molecule has 0 saturated carbocycles. The molecule has 10 heavy (non-hydrogen) atoms. The normalized spacial score (nSPS) is 19.8. The summed E-state index contributed by atoms with van der Waals surface area (Å²) in [5.41, 5.74) is 0. The van der Waals surface area contributed by atoms with Gasteiger partial charge in [0.15, 0.2) is 0 Å². The summed E-state index contributed by atoms with van der Waals surface area (Å²) in [5, 5.41) is 16.6. The Bertz CT molecular complexity index is 94.9. The molecule has 0 aromatic heterocycles. The van der Waals surface area contributed by atoms with E-state index in [0.29, 0.717) is 6.73 Å². The molecule has 1 heterocycles. The number of rotatable bonds is 3. The lowest BCUT2D eigenvalue weighted by Crippen LogP contribution is -2.28. The van der Waals surface area contributed by atoms with Gasteiger partial charge >= 0.3 is 7.32 Å². The molecule has 0 amide bonds. The van der Waals surface area contributed by atoms with Crippen molar-refractivity contribution in [2.24, 2.45) is 0 Å². The van der Waals surface area contributed by atoms with Crippen molar-refractivity contribution < 1.29 is 14.7 Å². The molecule has 0 aromatic carbocycles. The zero-order chi connectivity index (χ0) is 7.40. The number of hydrogen-bond donors (Lipinski definition) is 2. The quantitative estimate of drug-likeness (QED) is 0.501. The molecule has 0 radical (unpaired) electrons. The van der Waals surface area contributed by atoms with E-state index in [1.807, 2.05) is 4.90 Å². The highest BCUT2D eigenvalue weighted by Gasteiger charge is 2.14. The third-order valence-electron chi connectivity index (χ3n) is 1.60. The van der Waals surface area contributed by atoms with Gasteiger partial charge in [-0.05, 0) is 12.8 Å². The first kappa shape index (κ1) is 8.01. The van der Waals surface area contributed by atoms with Crippen molar-refractivity contribution in [1.29, 1.82) is 0 Å². The van der Waals surface area contributed by atoms with E-state index in [1.54, 1.807) is 0 Å². The zero-order valence-corrected chi connectivity index (χ0v) is 5.86. The van der Waals surface area contributed by atoms with Crippen LogP contribution >= 0.6 is 0 Å². The van der Waals surface area contributed by atoms with Crippen LogP contribution in [0.25, 0.3) is 0 Å². The van der Waals surface area contributed by atoms with Crippen LogP contribution in [-0.2, 0) is 4.65 Å². The third kappa shape index (κ3) is 2.66.